The van der Waals surface area contributed by atoms with Crippen molar-refractivity contribution in [3.05, 3.63) is 34.9 Å². The normalized spacial score (nSPS) is 15.0. The van der Waals surface area contributed by atoms with Crippen molar-refractivity contribution in [2.45, 2.75) is 31.7 Å². The van der Waals surface area contributed by atoms with Crippen molar-refractivity contribution < 1.29 is 0 Å². The minimum absolute atomic E-state index is 0.440. The molecule has 1 saturated carbocycles. The van der Waals surface area contributed by atoms with Crippen molar-refractivity contribution in [2.24, 2.45) is 5.84 Å². The topological polar surface area (TPSA) is 93.1 Å². The molecule has 0 unspecified atom stereocenters. The van der Waals surface area contributed by atoms with Gasteiger partial charge in [0.1, 0.15) is 0 Å². The van der Waals surface area contributed by atoms with E-state index in [1.165, 1.54) is 17.9 Å². The summed E-state index contributed by atoms with van der Waals surface area (Å²) in [4.78, 5) is 8.73. The molecule has 5 N–H and O–H groups in total. The van der Waals surface area contributed by atoms with E-state index in [1.54, 1.807) is 6.20 Å². The fourth-order valence-corrected chi connectivity index (χ4v) is 2.89. The molecule has 22 heavy (non-hydrogen) atoms. The molecule has 2 aromatic rings. The molecule has 1 aliphatic rings. The van der Waals surface area contributed by atoms with E-state index >= 15 is 0 Å². The average Bonchev–Trinajstić information content (AvgIpc) is 3.02. The molecule has 7 heteroatoms. The second-order valence-corrected chi connectivity index (χ2v) is 6.36. The monoisotopic (exact) mass is 362 g/mol. The fourth-order valence-electron chi connectivity index (χ4n) is 2.62. The first-order valence-corrected chi connectivity index (χ1v) is 8.12. The maximum atomic E-state index is 6.16. The number of anilines is 4. The van der Waals surface area contributed by atoms with E-state index in [0.717, 1.165) is 23.0 Å². The van der Waals surface area contributed by atoms with E-state index < -0.39 is 0 Å². The van der Waals surface area contributed by atoms with Crippen molar-refractivity contribution in [3.8, 4) is 0 Å². The number of rotatable bonds is 4. The summed E-state index contributed by atoms with van der Waals surface area (Å²) in [5.41, 5.74) is 7.23. The first-order valence-electron chi connectivity index (χ1n) is 7.33. The number of hydrazine groups is 1. The molecule has 0 saturated heterocycles. The van der Waals surface area contributed by atoms with Crippen LogP contribution in [0.15, 0.2) is 34.9 Å². The summed E-state index contributed by atoms with van der Waals surface area (Å²) < 4.78 is 0.990. The van der Waals surface area contributed by atoms with E-state index in [4.69, 9.17) is 11.6 Å². The Morgan fingerprint density at radius 3 is 2.55 bits per heavy atom. The lowest BCUT2D eigenvalue weighted by atomic mass is 10.2. The van der Waals surface area contributed by atoms with Gasteiger partial charge in [0.05, 0.1) is 17.6 Å². The van der Waals surface area contributed by atoms with Crippen LogP contribution in [0.5, 0.6) is 0 Å². The molecule has 1 aromatic heterocycles. The summed E-state index contributed by atoms with van der Waals surface area (Å²) in [6.45, 7) is 0. The number of nitrogen functional groups attached to an aromatic ring is 1. The van der Waals surface area contributed by atoms with Crippen LogP contribution in [0.2, 0.25) is 0 Å². The van der Waals surface area contributed by atoms with Crippen LogP contribution >= 0.6 is 15.9 Å². The number of nitrogens with zero attached hydrogens (tertiary/aromatic N) is 3. The molecular formula is C15H19BrN6. The molecule has 0 spiro atoms. The molecule has 0 radical (unpaired) electrons. The van der Waals surface area contributed by atoms with Gasteiger partial charge in [0.2, 0.25) is 5.95 Å². The van der Waals surface area contributed by atoms with Gasteiger partial charge in [-0.3, -0.25) is 5.01 Å². The van der Waals surface area contributed by atoms with Crippen LogP contribution in [-0.4, -0.2) is 16.0 Å². The zero-order valence-corrected chi connectivity index (χ0v) is 13.8. The number of nitrogens with one attached hydrogen (secondary N) is 1. The quantitative estimate of drug-likeness (QED) is 0.571. The Hall–Kier alpha value is -1.86. The van der Waals surface area contributed by atoms with Crippen LogP contribution in [0.3, 0.4) is 0 Å². The van der Waals surface area contributed by atoms with Gasteiger partial charge in [-0.15, -0.1) is 0 Å². The van der Waals surface area contributed by atoms with Gasteiger partial charge in [-0.2, -0.15) is 4.98 Å². The summed E-state index contributed by atoms with van der Waals surface area (Å²) in [5, 5.41) is 4.83. The van der Waals surface area contributed by atoms with Crippen LogP contribution in [0.4, 0.5) is 23.1 Å². The second kappa shape index (κ2) is 6.50. The van der Waals surface area contributed by atoms with Gasteiger partial charge in [-0.25, -0.2) is 10.8 Å². The Morgan fingerprint density at radius 1 is 1.18 bits per heavy atom. The minimum Gasteiger partial charge on any atom is -0.394 e. The molecule has 0 atom stereocenters. The Labute approximate surface area is 138 Å². The fraction of sp³-hybridized carbons (Fsp3) is 0.333. The van der Waals surface area contributed by atoms with E-state index in [2.05, 4.69) is 31.2 Å². The highest BCUT2D eigenvalue weighted by Crippen LogP contribution is 2.28. The minimum atomic E-state index is 0.440. The number of hydrogen-bond donors (Lipinski definition) is 3. The van der Waals surface area contributed by atoms with Gasteiger partial charge in [0.25, 0.3) is 0 Å². The molecule has 1 aromatic carbocycles. The highest BCUT2D eigenvalue weighted by molar-refractivity contribution is 9.10. The molecule has 3 rings (SSSR count). The molecule has 1 fully saturated rings. The number of benzene rings is 1. The first-order chi connectivity index (χ1) is 10.6. The molecule has 1 heterocycles. The van der Waals surface area contributed by atoms with Crippen LogP contribution in [0.25, 0.3) is 0 Å². The highest BCUT2D eigenvalue weighted by Gasteiger charge is 2.17. The summed E-state index contributed by atoms with van der Waals surface area (Å²) >= 11 is 3.41. The molecule has 6 nitrogen and oxygen atoms in total. The standard InChI is InChI=1S/C15H19BrN6/c16-10-5-7-12(8-6-10)22(18)14-13(17)9-19-15(21-14)20-11-3-1-2-4-11/h5-9,11H,1-4,17-18H2,(H,19,20,21). The Bertz CT molecular complexity index is 639. The van der Waals surface area contributed by atoms with Crippen LogP contribution in [0.1, 0.15) is 25.7 Å². The lowest BCUT2D eigenvalue weighted by molar-refractivity contribution is 0.743. The van der Waals surface area contributed by atoms with Gasteiger partial charge in [0, 0.05) is 10.5 Å². The van der Waals surface area contributed by atoms with Gasteiger partial charge in [0.15, 0.2) is 5.82 Å². The number of halogens is 1. The van der Waals surface area contributed by atoms with E-state index in [1.807, 2.05) is 24.3 Å². The Kier molecular flexibility index (Phi) is 4.44. The Balaban J connectivity index is 1.83. The molecule has 0 amide bonds. The third-order valence-corrected chi connectivity index (χ3v) is 4.35. The van der Waals surface area contributed by atoms with E-state index in [-0.39, 0.29) is 0 Å². The largest absolute Gasteiger partial charge is 0.394 e. The third kappa shape index (κ3) is 3.31. The molecule has 116 valence electrons. The predicted octanol–water partition coefficient (Wildman–Crippen LogP) is 3.19. The Morgan fingerprint density at radius 2 is 1.86 bits per heavy atom. The van der Waals surface area contributed by atoms with Crippen molar-refractivity contribution >= 4 is 39.1 Å². The van der Waals surface area contributed by atoms with Gasteiger partial charge in [-0.05, 0) is 37.1 Å². The maximum absolute atomic E-state index is 6.16. The number of hydrogen-bond acceptors (Lipinski definition) is 6. The van der Waals surface area contributed by atoms with Crippen molar-refractivity contribution in [1.29, 1.82) is 0 Å². The summed E-state index contributed by atoms with van der Waals surface area (Å²) in [5.74, 6) is 7.24. The molecule has 1 aliphatic carbocycles. The van der Waals surface area contributed by atoms with Crippen molar-refractivity contribution in [2.75, 3.05) is 16.1 Å². The van der Waals surface area contributed by atoms with Gasteiger partial charge >= 0.3 is 0 Å². The summed E-state index contributed by atoms with van der Waals surface area (Å²) in [6.07, 6.45) is 6.41. The van der Waals surface area contributed by atoms with Crippen LogP contribution in [0, 0.1) is 0 Å². The summed E-state index contributed by atoms with van der Waals surface area (Å²) in [6, 6.07) is 8.08. The number of nitrogens with two attached hydrogens (primary N) is 2. The van der Waals surface area contributed by atoms with Gasteiger partial charge in [-0.1, -0.05) is 28.8 Å². The second-order valence-electron chi connectivity index (χ2n) is 5.44. The maximum Gasteiger partial charge on any atom is 0.225 e. The van der Waals surface area contributed by atoms with E-state index in [0.29, 0.717) is 23.5 Å². The number of aromatic nitrogens is 2. The lowest BCUT2D eigenvalue weighted by Gasteiger charge is -2.20. The van der Waals surface area contributed by atoms with Crippen LogP contribution in [-0.2, 0) is 0 Å². The van der Waals surface area contributed by atoms with Crippen molar-refractivity contribution in [3.63, 3.8) is 0 Å². The zero-order chi connectivity index (χ0) is 15.5. The molecular weight excluding hydrogens is 344 g/mol. The van der Waals surface area contributed by atoms with E-state index in [9.17, 15) is 0 Å². The SMILES string of the molecule is Nc1cnc(NC2CCCC2)nc1N(N)c1ccc(Br)cc1. The predicted molar refractivity (Wildman–Crippen MR) is 92.8 cm³/mol. The van der Waals surface area contributed by atoms with Crippen molar-refractivity contribution in [1.82, 2.24) is 9.97 Å². The zero-order valence-electron chi connectivity index (χ0n) is 12.2. The van der Waals surface area contributed by atoms with Crippen LogP contribution < -0.4 is 21.9 Å². The summed E-state index contributed by atoms with van der Waals surface area (Å²) in [7, 11) is 0. The lowest BCUT2D eigenvalue weighted by Crippen LogP contribution is -2.28. The van der Waals surface area contributed by atoms with Gasteiger partial charge < -0.3 is 11.1 Å². The average molecular weight is 363 g/mol. The first kappa shape index (κ1) is 15.1. The molecule has 0 aliphatic heterocycles. The highest BCUT2D eigenvalue weighted by atomic mass is 79.9. The third-order valence-electron chi connectivity index (χ3n) is 3.82. The smallest absolute Gasteiger partial charge is 0.225 e. The molecule has 0 bridgehead atoms.